The Balaban J connectivity index is 1.80. The molecule has 0 aromatic heterocycles. The van der Waals surface area contributed by atoms with Crippen LogP contribution >= 0.6 is 11.8 Å². The lowest BCUT2D eigenvalue weighted by atomic mass is 9.77. The summed E-state index contributed by atoms with van der Waals surface area (Å²) in [6, 6.07) is 0.784. The van der Waals surface area contributed by atoms with E-state index in [2.05, 4.69) is 30.9 Å². The lowest BCUT2D eigenvalue weighted by Crippen LogP contribution is -2.41. The summed E-state index contributed by atoms with van der Waals surface area (Å²) in [6.07, 6.45) is 16.0. The minimum Gasteiger partial charge on any atom is -0.313 e. The Bertz CT molecular complexity index is 262. The van der Waals surface area contributed by atoms with Gasteiger partial charge >= 0.3 is 0 Å². The van der Waals surface area contributed by atoms with Gasteiger partial charge in [0.1, 0.15) is 0 Å². The van der Waals surface area contributed by atoms with E-state index in [1.165, 1.54) is 82.9 Å². The molecule has 2 aliphatic carbocycles. The maximum Gasteiger partial charge on any atom is 0.0186 e. The molecule has 0 saturated heterocycles. The number of rotatable bonds is 8. The third-order valence-electron chi connectivity index (χ3n) is 5.69. The van der Waals surface area contributed by atoms with E-state index in [9.17, 15) is 0 Å². The van der Waals surface area contributed by atoms with Crippen molar-refractivity contribution in [3.05, 3.63) is 0 Å². The first-order valence-corrected chi connectivity index (χ1v) is 10.7. The second-order valence-electron chi connectivity index (χ2n) is 7.35. The van der Waals surface area contributed by atoms with Crippen LogP contribution in [0.3, 0.4) is 0 Å². The average molecular weight is 312 g/mol. The van der Waals surface area contributed by atoms with Crippen molar-refractivity contribution >= 4 is 11.8 Å². The van der Waals surface area contributed by atoms with Crippen LogP contribution in [0, 0.1) is 11.8 Å². The molecule has 0 radical (unpaired) electrons. The molecule has 0 amide bonds. The van der Waals surface area contributed by atoms with Gasteiger partial charge in [0.25, 0.3) is 0 Å². The molecule has 2 rings (SSSR count). The van der Waals surface area contributed by atoms with E-state index in [0.29, 0.717) is 0 Å². The molecule has 0 heterocycles. The molecule has 1 nitrogen and oxygen atoms in total. The van der Waals surface area contributed by atoms with Crippen molar-refractivity contribution in [2.24, 2.45) is 11.8 Å². The molecule has 0 bridgehead atoms. The molecular formula is C19H37NS. The molecule has 0 spiro atoms. The van der Waals surface area contributed by atoms with Gasteiger partial charge in [-0.15, -0.1) is 0 Å². The van der Waals surface area contributed by atoms with Gasteiger partial charge in [0.15, 0.2) is 0 Å². The van der Waals surface area contributed by atoms with E-state index in [0.717, 1.165) is 23.1 Å². The van der Waals surface area contributed by atoms with Crippen LogP contribution in [0.5, 0.6) is 0 Å². The van der Waals surface area contributed by atoms with Gasteiger partial charge in [0.05, 0.1) is 0 Å². The van der Waals surface area contributed by atoms with Crippen molar-refractivity contribution < 1.29 is 0 Å². The highest BCUT2D eigenvalue weighted by Gasteiger charge is 2.28. The third-order valence-corrected chi connectivity index (χ3v) is 7.18. The highest BCUT2D eigenvalue weighted by molar-refractivity contribution is 7.99. The SMILES string of the molecule is CCCNC(CSC1CCCCC1)C1CCCC(CC)C1. The Morgan fingerprint density at radius 2 is 1.81 bits per heavy atom. The second kappa shape index (κ2) is 10.2. The monoisotopic (exact) mass is 311 g/mol. The van der Waals surface area contributed by atoms with Gasteiger partial charge in [0.2, 0.25) is 0 Å². The summed E-state index contributed by atoms with van der Waals surface area (Å²) in [4.78, 5) is 0. The molecule has 3 unspecified atom stereocenters. The van der Waals surface area contributed by atoms with Crippen LogP contribution in [0.15, 0.2) is 0 Å². The summed E-state index contributed by atoms with van der Waals surface area (Å²) in [5.74, 6) is 3.33. The maximum atomic E-state index is 3.90. The van der Waals surface area contributed by atoms with E-state index in [-0.39, 0.29) is 0 Å². The minimum absolute atomic E-state index is 0.784. The van der Waals surface area contributed by atoms with Crippen LogP contribution < -0.4 is 5.32 Å². The summed E-state index contributed by atoms with van der Waals surface area (Å²) < 4.78 is 0. The van der Waals surface area contributed by atoms with E-state index in [1.807, 2.05) is 0 Å². The molecule has 0 aromatic carbocycles. The summed E-state index contributed by atoms with van der Waals surface area (Å²) in [5.41, 5.74) is 0. The Hall–Kier alpha value is 0.310. The molecule has 2 aliphatic rings. The van der Waals surface area contributed by atoms with Crippen molar-refractivity contribution in [3.8, 4) is 0 Å². The van der Waals surface area contributed by atoms with Crippen LogP contribution in [0.4, 0.5) is 0 Å². The maximum absolute atomic E-state index is 3.90. The number of hydrogen-bond donors (Lipinski definition) is 1. The highest BCUT2D eigenvalue weighted by Crippen LogP contribution is 2.35. The van der Waals surface area contributed by atoms with Gasteiger partial charge in [-0.3, -0.25) is 0 Å². The van der Waals surface area contributed by atoms with E-state index in [4.69, 9.17) is 0 Å². The molecular weight excluding hydrogens is 274 g/mol. The zero-order chi connectivity index (χ0) is 14.9. The first-order chi connectivity index (χ1) is 10.3. The van der Waals surface area contributed by atoms with Crippen LogP contribution in [-0.4, -0.2) is 23.6 Å². The Morgan fingerprint density at radius 3 is 2.52 bits per heavy atom. The minimum atomic E-state index is 0.784. The molecule has 0 aliphatic heterocycles. The fourth-order valence-electron chi connectivity index (χ4n) is 4.23. The smallest absolute Gasteiger partial charge is 0.0186 e. The summed E-state index contributed by atoms with van der Waals surface area (Å²) in [7, 11) is 0. The Labute approximate surface area is 137 Å². The summed E-state index contributed by atoms with van der Waals surface area (Å²) in [6.45, 7) is 5.90. The van der Waals surface area contributed by atoms with Gasteiger partial charge in [-0.2, -0.15) is 11.8 Å². The molecule has 2 heteroatoms. The molecule has 124 valence electrons. The van der Waals surface area contributed by atoms with Crippen LogP contribution in [0.2, 0.25) is 0 Å². The molecule has 2 saturated carbocycles. The van der Waals surface area contributed by atoms with Crippen molar-refractivity contribution in [2.75, 3.05) is 12.3 Å². The van der Waals surface area contributed by atoms with Crippen molar-refractivity contribution in [2.45, 2.75) is 95.8 Å². The fraction of sp³-hybridized carbons (Fsp3) is 1.00. The molecule has 3 atom stereocenters. The predicted molar refractivity (Wildman–Crippen MR) is 97.2 cm³/mol. The Morgan fingerprint density at radius 1 is 1.00 bits per heavy atom. The molecule has 2 fully saturated rings. The van der Waals surface area contributed by atoms with Gasteiger partial charge in [-0.1, -0.05) is 52.4 Å². The zero-order valence-electron chi connectivity index (χ0n) is 14.4. The first kappa shape index (κ1) is 17.7. The second-order valence-corrected chi connectivity index (χ2v) is 8.69. The average Bonchev–Trinajstić information content (AvgIpc) is 2.56. The van der Waals surface area contributed by atoms with Crippen molar-refractivity contribution in [1.29, 1.82) is 0 Å². The normalized spacial score (nSPS) is 29.4. The highest BCUT2D eigenvalue weighted by atomic mass is 32.2. The molecule has 0 aromatic rings. The molecule has 1 N–H and O–H groups in total. The van der Waals surface area contributed by atoms with Gasteiger partial charge in [0, 0.05) is 17.0 Å². The van der Waals surface area contributed by atoms with Crippen molar-refractivity contribution in [1.82, 2.24) is 5.32 Å². The largest absolute Gasteiger partial charge is 0.313 e. The lowest BCUT2D eigenvalue weighted by Gasteiger charge is -2.35. The molecule has 21 heavy (non-hydrogen) atoms. The van der Waals surface area contributed by atoms with E-state index < -0.39 is 0 Å². The predicted octanol–water partition coefficient (Wildman–Crippen LogP) is 5.64. The van der Waals surface area contributed by atoms with Crippen LogP contribution in [0.25, 0.3) is 0 Å². The van der Waals surface area contributed by atoms with Gasteiger partial charge in [-0.05, 0) is 50.5 Å². The standard InChI is InChI=1S/C19H37NS/c1-3-13-20-19(15-21-18-11-6-5-7-12-18)17-10-8-9-16(4-2)14-17/h16-20H,3-15H2,1-2H3. The lowest BCUT2D eigenvalue weighted by molar-refractivity contribution is 0.218. The third kappa shape index (κ3) is 6.14. The van der Waals surface area contributed by atoms with Crippen molar-refractivity contribution in [3.63, 3.8) is 0 Å². The Kier molecular flexibility index (Phi) is 8.54. The van der Waals surface area contributed by atoms with E-state index in [1.54, 1.807) is 0 Å². The van der Waals surface area contributed by atoms with Gasteiger partial charge in [-0.25, -0.2) is 0 Å². The fourth-order valence-corrected chi connectivity index (χ4v) is 5.77. The van der Waals surface area contributed by atoms with Gasteiger partial charge < -0.3 is 5.32 Å². The first-order valence-electron chi connectivity index (χ1n) is 9.68. The van der Waals surface area contributed by atoms with Crippen LogP contribution in [0.1, 0.15) is 84.5 Å². The van der Waals surface area contributed by atoms with E-state index >= 15 is 0 Å². The zero-order valence-corrected chi connectivity index (χ0v) is 15.2. The van der Waals surface area contributed by atoms with Crippen LogP contribution in [-0.2, 0) is 0 Å². The summed E-state index contributed by atoms with van der Waals surface area (Å²) >= 11 is 2.30. The number of thioether (sulfide) groups is 1. The number of hydrogen-bond acceptors (Lipinski definition) is 2. The summed E-state index contributed by atoms with van der Waals surface area (Å²) in [5, 5.41) is 4.87. The topological polar surface area (TPSA) is 12.0 Å². The number of nitrogens with one attached hydrogen (secondary N) is 1. The quantitative estimate of drug-likeness (QED) is 0.623.